The molecule has 7 nitrogen and oxygen atoms in total. The number of sulfonamides is 1. The number of allylic oxidation sites excluding steroid dienone is 1. The predicted octanol–water partition coefficient (Wildman–Crippen LogP) is 6.15. The minimum absolute atomic E-state index is 0.0439. The number of carbonyl (C=O) groups is 1. The van der Waals surface area contributed by atoms with E-state index in [1.807, 2.05) is 19.1 Å². The number of rotatable bonds is 1. The third-order valence-electron chi connectivity index (χ3n) is 9.17. The molecule has 0 unspecified atom stereocenters. The maximum absolute atomic E-state index is 13.3. The number of ether oxygens (including phenoxy) is 2. The molecule has 1 saturated carbocycles. The Hall–Kier alpha value is -2.55. The van der Waals surface area contributed by atoms with Crippen molar-refractivity contribution < 1.29 is 22.7 Å². The van der Waals surface area contributed by atoms with Gasteiger partial charge in [-0.25, -0.2) is 13.1 Å². The van der Waals surface area contributed by atoms with Gasteiger partial charge in [0.25, 0.3) is 5.91 Å². The Bertz CT molecular complexity index is 1390. The van der Waals surface area contributed by atoms with Gasteiger partial charge in [-0.1, -0.05) is 36.7 Å². The second-order valence-electron chi connectivity index (χ2n) is 11.8. The van der Waals surface area contributed by atoms with Crippen LogP contribution in [0.5, 0.6) is 5.75 Å². The summed E-state index contributed by atoms with van der Waals surface area (Å²) in [5.41, 5.74) is 3.50. The number of anilines is 1. The first-order chi connectivity index (χ1) is 19.7. The second-order valence-corrected chi connectivity index (χ2v) is 14.3. The highest BCUT2D eigenvalue weighted by atomic mass is 35.5. The maximum atomic E-state index is 13.3. The molecule has 5 rings (SSSR count). The number of aryl methyl sites for hydroxylation is 1. The lowest BCUT2D eigenvalue weighted by molar-refractivity contribution is 0.0133. The minimum atomic E-state index is -3.89. The van der Waals surface area contributed by atoms with Crippen molar-refractivity contribution in [1.82, 2.24) is 4.72 Å². The number of hydrogen-bond donors (Lipinski definition) is 1. The fourth-order valence-electron chi connectivity index (χ4n) is 6.20. The van der Waals surface area contributed by atoms with Gasteiger partial charge in [-0.2, -0.15) is 0 Å². The van der Waals surface area contributed by atoms with E-state index >= 15 is 0 Å². The second kappa shape index (κ2) is 12.8. The molecule has 1 amide bonds. The highest BCUT2D eigenvalue weighted by molar-refractivity contribution is 7.90. The van der Waals surface area contributed by atoms with Crippen molar-refractivity contribution in [2.24, 2.45) is 17.8 Å². The molecule has 1 aliphatic carbocycles. The van der Waals surface area contributed by atoms with Gasteiger partial charge < -0.3 is 14.4 Å². The average Bonchev–Trinajstić information content (AvgIpc) is 2.96. The van der Waals surface area contributed by atoms with Gasteiger partial charge in [-0.05, 0) is 105 Å². The normalized spacial score (nSPS) is 29.4. The maximum Gasteiger partial charge on any atom is 0.264 e. The van der Waals surface area contributed by atoms with Crippen molar-refractivity contribution in [2.75, 3.05) is 25.2 Å². The van der Waals surface area contributed by atoms with Gasteiger partial charge in [0.2, 0.25) is 10.0 Å². The smallest absolute Gasteiger partial charge is 0.264 e. The van der Waals surface area contributed by atoms with Gasteiger partial charge >= 0.3 is 0 Å². The van der Waals surface area contributed by atoms with E-state index in [-0.39, 0.29) is 12.0 Å². The van der Waals surface area contributed by atoms with Crippen LogP contribution in [0.3, 0.4) is 0 Å². The number of nitrogens with zero attached hydrogens (tertiary/aromatic N) is 1. The Labute approximate surface area is 249 Å². The summed E-state index contributed by atoms with van der Waals surface area (Å²) >= 11 is 6.40. The van der Waals surface area contributed by atoms with Crippen LogP contribution in [0.1, 0.15) is 67.4 Å². The molecule has 9 heteroatoms. The first kappa shape index (κ1) is 29.9. The largest absolute Gasteiger partial charge is 0.491 e. The van der Waals surface area contributed by atoms with E-state index in [9.17, 15) is 13.2 Å². The average molecular weight is 601 g/mol. The minimum Gasteiger partial charge on any atom is -0.491 e. The monoisotopic (exact) mass is 600 g/mol. The van der Waals surface area contributed by atoms with Crippen LogP contribution in [-0.4, -0.2) is 45.9 Å². The zero-order valence-corrected chi connectivity index (χ0v) is 25.7. The summed E-state index contributed by atoms with van der Waals surface area (Å²) < 4.78 is 41.0. The summed E-state index contributed by atoms with van der Waals surface area (Å²) in [6, 6.07) is 11.3. The van der Waals surface area contributed by atoms with Crippen LogP contribution in [-0.2, 0) is 27.7 Å². The molecule has 1 fully saturated rings. The number of nitrogens with one attached hydrogen (secondary N) is 1. The molecule has 1 N–H and O–H groups in total. The summed E-state index contributed by atoms with van der Waals surface area (Å²) in [5.74, 6) is 0.629. The molecule has 2 aromatic rings. The number of amides is 1. The Kier molecular flexibility index (Phi) is 9.31. The van der Waals surface area contributed by atoms with E-state index in [1.54, 1.807) is 32.2 Å². The highest BCUT2D eigenvalue weighted by Crippen LogP contribution is 2.42. The molecule has 0 saturated heterocycles. The summed E-state index contributed by atoms with van der Waals surface area (Å²) in [5, 5.41) is -0.0225. The van der Waals surface area contributed by atoms with E-state index in [2.05, 4.69) is 27.8 Å². The standard InChI is InChI=1S/C32H41ClN2O5S/c1-21-7-6-9-30(39-3)28-14-11-26(28)20-35-19-25-10-13-27(33)17-23(25)8-4-5-16-40-31-15-12-24(18-29(31)35)32(36)34-41(37,38)22(21)2/h6,9-10,12-13,15,17-18,21-22,26,28,30H,4-5,7-8,11,14,16,19-20H2,1-3H3,(H,34,36)/b9-6+/t21-,22+,26-,28-,30-/m1/s1. The molecule has 3 aliphatic rings. The zero-order chi connectivity index (χ0) is 29.1. The van der Waals surface area contributed by atoms with Gasteiger partial charge in [-0.3, -0.25) is 4.79 Å². The molecule has 5 atom stereocenters. The lowest BCUT2D eigenvalue weighted by atomic mass is 9.70. The van der Waals surface area contributed by atoms with Gasteiger partial charge in [0.15, 0.2) is 0 Å². The van der Waals surface area contributed by atoms with E-state index in [0.29, 0.717) is 42.7 Å². The van der Waals surface area contributed by atoms with E-state index < -0.39 is 21.2 Å². The van der Waals surface area contributed by atoms with Crippen molar-refractivity contribution in [3.8, 4) is 5.75 Å². The number of hydrogen-bond acceptors (Lipinski definition) is 6. The SMILES string of the molecule is CO[C@@H]1/C=C/C[C@@H](C)[C@H](C)S(=O)(=O)NC(=O)c2ccc3c(c2)N(Cc2ccc(Cl)cc2CCCCO3)C[C@H]2CC[C@H]21. The first-order valence-corrected chi connectivity index (χ1v) is 16.6. The third-order valence-corrected chi connectivity index (χ3v) is 11.3. The van der Waals surface area contributed by atoms with Crippen LogP contribution in [0.4, 0.5) is 5.69 Å². The van der Waals surface area contributed by atoms with Gasteiger partial charge in [0.05, 0.1) is 23.6 Å². The summed E-state index contributed by atoms with van der Waals surface area (Å²) in [6.07, 6.45) is 9.59. The van der Waals surface area contributed by atoms with Crippen molar-refractivity contribution in [3.63, 3.8) is 0 Å². The molecule has 2 bridgehead atoms. The molecule has 0 aromatic heterocycles. The Morgan fingerprint density at radius 2 is 1.90 bits per heavy atom. The molecule has 2 aromatic carbocycles. The molecular formula is C32H41ClN2O5S. The first-order valence-electron chi connectivity index (χ1n) is 14.7. The van der Waals surface area contributed by atoms with Crippen LogP contribution >= 0.6 is 11.6 Å². The number of carbonyl (C=O) groups excluding carboxylic acids is 1. The number of halogens is 1. The van der Waals surface area contributed by atoms with Gasteiger partial charge in [0.1, 0.15) is 5.75 Å². The summed E-state index contributed by atoms with van der Waals surface area (Å²) in [6.45, 7) is 5.48. The van der Waals surface area contributed by atoms with Crippen molar-refractivity contribution >= 4 is 33.2 Å². The summed E-state index contributed by atoms with van der Waals surface area (Å²) in [4.78, 5) is 15.6. The van der Waals surface area contributed by atoms with Crippen molar-refractivity contribution in [1.29, 1.82) is 0 Å². The van der Waals surface area contributed by atoms with E-state index in [4.69, 9.17) is 21.1 Å². The van der Waals surface area contributed by atoms with Gasteiger partial charge in [-0.15, -0.1) is 0 Å². The number of methoxy groups -OCH3 is 1. The lowest BCUT2D eigenvalue weighted by Gasteiger charge is -2.43. The Morgan fingerprint density at radius 1 is 1.07 bits per heavy atom. The molecule has 0 spiro atoms. The van der Waals surface area contributed by atoms with Crippen LogP contribution in [0, 0.1) is 17.8 Å². The molecule has 41 heavy (non-hydrogen) atoms. The fourth-order valence-corrected chi connectivity index (χ4v) is 7.68. The zero-order valence-electron chi connectivity index (χ0n) is 24.1. The molecule has 2 heterocycles. The fraction of sp³-hybridized carbons (Fsp3) is 0.531. The van der Waals surface area contributed by atoms with E-state index in [1.165, 1.54) is 11.1 Å². The topological polar surface area (TPSA) is 84.9 Å². The highest BCUT2D eigenvalue weighted by Gasteiger charge is 2.38. The molecular weight excluding hydrogens is 560 g/mol. The van der Waals surface area contributed by atoms with Gasteiger partial charge in [0, 0.05) is 30.8 Å². The number of benzene rings is 2. The van der Waals surface area contributed by atoms with Crippen LogP contribution < -0.4 is 14.4 Å². The van der Waals surface area contributed by atoms with Crippen LogP contribution in [0.15, 0.2) is 48.6 Å². The van der Waals surface area contributed by atoms with Crippen molar-refractivity contribution in [3.05, 3.63) is 70.3 Å². The predicted molar refractivity (Wildman–Crippen MR) is 163 cm³/mol. The van der Waals surface area contributed by atoms with Crippen LogP contribution in [0.25, 0.3) is 0 Å². The molecule has 0 radical (unpaired) electrons. The third kappa shape index (κ3) is 6.76. The molecule has 222 valence electrons. The van der Waals surface area contributed by atoms with Crippen molar-refractivity contribution in [2.45, 2.75) is 70.3 Å². The van der Waals surface area contributed by atoms with Crippen LogP contribution in [0.2, 0.25) is 5.02 Å². The quantitative estimate of drug-likeness (QED) is 0.395. The van der Waals surface area contributed by atoms with E-state index in [0.717, 1.165) is 49.4 Å². The number of fused-ring (bicyclic) bond motifs is 3. The lowest BCUT2D eigenvalue weighted by Crippen LogP contribution is -2.43. The Morgan fingerprint density at radius 3 is 2.66 bits per heavy atom. The Balaban J connectivity index is 1.61. The summed E-state index contributed by atoms with van der Waals surface area (Å²) in [7, 11) is -2.15. The molecule has 2 aliphatic heterocycles.